The van der Waals surface area contributed by atoms with Crippen molar-refractivity contribution >= 4 is 14.6 Å². The van der Waals surface area contributed by atoms with E-state index in [1.54, 1.807) is 0 Å². The van der Waals surface area contributed by atoms with Crippen molar-refractivity contribution in [3.63, 3.8) is 0 Å². The van der Waals surface area contributed by atoms with Gasteiger partial charge in [0.2, 0.25) is 0 Å². The summed E-state index contributed by atoms with van der Waals surface area (Å²) in [6.07, 6.45) is 1.00. The van der Waals surface area contributed by atoms with Crippen LogP contribution >= 0.6 is 0 Å². The molecule has 0 spiro atoms. The van der Waals surface area contributed by atoms with Gasteiger partial charge in [0.05, 0.1) is 0 Å². The first-order valence-corrected chi connectivity index (χ1v) is 5.38. The molecule has 0 aromatic rings. The van der Waals surface area contributed by atoms with Crippen molar-refractivity contribution in [3.8, 4) is 0 Å². The molecule has 1 atom stereocenters. The van der Waals surface area contributed by atoms with E-state index in [1.165, 1.54) is 21.3 Å². The van der Waals surface area contributed by atoms with E-state index in [4.69, 9.17) is 13.3 Å². The Morgan fingerprint density at radius 2 is 1.77 bits per heavy atom. The van der Waals surface area contributed by atoms with Crippen molar-refractivity contribution in [2.24, 2.45) is 0 Å². The number of ketones is 1. The summed E-state index contributed by atoms with van der Waals surface area (Å²) in [5.41, 5.74) is -1.41. The number of hydrogen-bond acceptors (Lipinski definition) is 5. The maximum Gasteiger partial charge on any atom is 0.538 e. The van der Waals surface area contributed by atoms with E-state index in [0.29, 0.717) is 0 Å². The molecule has 6 heteroatoms. The fraction of sp³-hybridized carbons (Fsp3) is 0.571. The molecule has 0 aliphatic heterocycles. The van der Waals surface area contributed by atoms with Crippen molar-refractivity contribution in [3.05, 3.63) is 12.7 Å². The van der Waals surface area contributed by atoms with E-state index >= 15 is 0 Å². The van der Waals surface area contributed by atoms with Crippen LogP contribution < -0.4 is 0 Å². The van der Waals surface area contributed by atoms with Gasteiger partial charge in [-0.05, 0) is 6.08 Å². The Morgan fingerprint density at radius 1 is 1.38 bits per heavy atom. The average Bonchev–Trinajstić information content (AvgIpc) is 2.20. The first kappa shape index (κ1) is 12.5. The van der Waals surface area contributed by atoms with Crippen molar-refractivity contribution < 1.29 is 23.2 Å². The lowest BCUT2D eigenvalue weighted by molar-refractivity contribution is -0.121. The van der Waals surface area contributed by atoms with Crippen LogP contribution in [0, 0.1) is 0 Å². The third-order valence-electron chi connectivity index (χ3n) is 1.66. The molecule has 0 heterocycles. The molecule has 0 saturated heterocycles. The second kappa shape index (κ2) is 5.25. The van der Waals surface area contributed by atoms with Gasteiger partial charge in [0.1, 0.15) is 0 Å². The van der Waals surface area contributed by atoms with Crippen molar-refractivity contribution in [1.29, 1.82) is 0 Å². The average molecular weight is 206 g/mol. The minimum absolute atomic E-state index is 0.572. The van der Waals surface area contributed by atoms with E-state index in [-0.39, 0.29) is 0 Å². The van der Waals surface area contributed by atoms with E-state index in [2.05, 4.69) is 6.58 Å². The first-order valence-electron chi connectivity index (χ1n) is 3.57. The van der Waals surface area contributed by atoms with Gasteiger partial charge >= 0.3 is 8.80 Å². The lowest BCUT2D eigenvalue weighted by Gasteiger charge is -2.27. The molecule has 0 fully saturated rings. The zero-order valence-corrected chi connectivity index (χ0v) is 8.94. The minimum atomic E-state index is -3.27. The molecule has 0 radical (unpaired) electrons. The molecule has 0 aliphatic carbocycles. The molecule has 13 heavy (non-hydrogen) atoms. The number of carbonyl (C=O) groups excluding carboxylic acids is 1. The Bertz CT molecular complexity index is 181. The molecule has 0 aliphatic rings. The number of carbonyl (C=O) groups is 1. The molecule has 0 bridgehead atoms. The van der Waals surface area contributed by atoms with E-state index < -0.39 is 20.3 Å². The summed E-state index contributed by atoms with van der Waals surface area (Å²) in [5.74, 6) is -0.572. The van der Waals surface area contributed by atoms with Gasteiger partial charge in [-0.25, -0.2) is 0 Å². The predicted molar refractivity (Wildman–Crippen MR) is 48.0 cm³/mol. The zero-order valence-electron chi connectivity index (χ0n) is 7.94. The highest BCUT2D eigenvalue weighted by Crippen LogP contribution is 2.12. The van der Waals surface area contributed by atoms with E-state index in [1.807, 2.05) is 0 Å². The summed E-state index contributed by atoms with van der Waals surface area (Å²) in [6.45, 7) is 3.24. The summed E-state index contributed by atoms with van der Waals surface area (Å²) in [5, 5.41) is 9.49. The van der Waals surface area contributed by atoms with Crippen LogP contribution in [0.1, 0.15) is 0 Å². The standard InChI is InChI=1S/C7H14O5Si/c1-5-6(8)7(9)13(10-2,11-3)12-4/h5,7,9H,1H2,2-4H3. The van der Waals surface area contributed by atoms with Gasteiger partial charge in [0.15, 0.2) is 11.5 Å². The van der Waals surface area contributed by atoms with E-state index in [0.717, 1.165) is 6.08 Å². The largest absolute Gasteiger partial charge is 0.538 e. The monoisotopic (exact) mass is 206 g/mol. The van der Waals surface area contributed by atoms with Crippen LogP contribution in [-0.2, 0) is 18.1 Å². The van der Waals surface area contributed by atoms with E-state index in [9.17, 15) is 9.90 Å². The highest BCUT2D eigenvalue weighted by molar-refractivity contribution is 6.66. The molecule has 76 valence electrons. The lowest BCUT2D eigenvalue weighted by atomic mass is 10.4. The molecular weight excluding hydrogens is 192 g/mol. The Hall–Kier alpha value is -0.533. The molecule has 0 aromatic carbocycles. The van der Waals surface area contributed by atoms with Gasteiger partial charge in [-0.1, -0.05) is 6.58 Å². The fourth-order valence-electron chi connectivity index (χ4n) is 0.871. The topological polar surface area (TPSA) is 65.0 Å². The highest BCUT2D eigenvalue weighted by Gasteiger charge is 2.50. The number of aliphatic hydroxyl groups is 1. The molecule has 1 unspecified atom stereocenters. The maximum atomic E-state index is 11.1. The van der Waals surface area contributed by atoms with Gasteiger partial charge in [-0.3, -0.25) is 4.79 Å². The minimum Gasteiger partial charge on any atom is -0.381 e. The molecule has 0 aromatic heterocycles. The molecule has 0 amide bonds. The van der Waals surface area contributed by atoms with Crippen LogP contribution in [0.3, 0.4) is 0 Å². The lowest BCUT2D eigenvalue weighted by Crippen LogP contribution is -2.57. The van der Waals surface area contributed by atoms with Crippen molar-refractivity contribution in [2.45, 2.75) is 5.73 Å². The summed E-state index contributed by atoms with van der Waals surface area (Å²) in [6, 6.07) is 0. The Morgan fingerprint density at radius 3 is 2.00 bits per heavy atom. The van der Waals surface area contributed by atoms with Crippen molar-refractivity contribution in [1.82, 2.24) is 0 Å². The third kappa shape index (κ3) is 2.45. The van der Waals surface area contributed by atoms with Crippen LogP contribution in [0.25, 0.3) is 0 Å². The Kier molecular flexibility index (Phi) is 5.04. The quantitative estimate of drug-likeness (QED) is 0.469. The maximum absolute atomic E-state index is 11.1. The zero-order chi connectivity index (χ0) is 10.5. The fourth-order valence-corrected chi connectivity index (χ4v) is 2.51. The van der Waals surface area contributed by atoms with Crippen LogP contribution in [0.2, 0.25) is 0 Å². The van der Waals surface area contributed by atoms with Crippen LogP contribution in [0.4, 0.5) is 0 Å². The molecular formula is C7H14O5Si. The van der Waals surface area contributed by atoms with Gasteiger partial charge in [-0.2, -0.15) is 0 Å². The highest BCUT2D eigenvalue weighted by atomic mass is 28.4. The Labute approximate surface area is 78.3 Å². The van der Waals surface area contributed by atoms with Gasteiger partial charge in [-0.15, -0.1) is 0 Å². The summed E-state index contributed by atoms with van der Waals surface area (Å²) < 4.78 is 14.7. The smallest absolute Gasteiger partial charge is 0.381 e. The van der Waals surface area contributed by atoms with Crippen molar-refractivity contribution in [2.75, 3.05) is 21.3 Å². The normalized spacial score (nSPS) is 13.8. The SMILES string of the molecule is C=CC(=O)C(O)[Si](OC)(OC)OC. The number of aliphatic hydroxyl groups excluding tert-OH is 1. The third-order valence-corrected chi connectivity index (χ3v) is 4.32. The number of hydrogen-bond donors (Lipinski definition) is 1. The molecule has 5 nitrogen and oxygen atoms in total. The second-order valence-electron chi connectivity index (χ2n) is 2.22. The van der Waals surface area contributed by atoms with Gasteiger partial charge in [0, 0.05) is 21.3 Å². The van der Waals surface area contributed by atoms with Gasteiger partial charge < -0.3 is 18.4 Å². The predicted octanol–water partition coefficient (Wildman–Crippen LogP) is -0.480. The summed E-state index contributed by atoms with van der Waals surface area (Å²) >= 11 is 0. The number of rotatable bonds is 6. The molecule has 0 saturated carbocycles. The van der Waals surface area contributed by atoms with Gasteiger partial charge in [0.25, 0.3) is 0 Å². The van der Waals surface area contributed by atoms with Crippen LogP contribution in [0.15, 0.2) is 12.7 Å². The molecule has 0 rings (SSSR count). The second-order valence-corrected chi connectivity index (χ2v) is 5.20. The summed E-state index contributed by atoms with van der Waals surface area (Å²) in [4.78, 5) is 11.1. The van der Waals surface area contributed by atoms with Crippen LogP contribution in [0.5, 0.6) is 0 Å². The first-order chi connectivity index (χ1) is 6.07. The Balaban J connectivity index is 4.71. The molecule has 1 N–H and O–H groups in total. The summed E-state index contributed by atoms with van der Waals surface area (Å²) in [7, 11) is 0.685. The van der Waals surface area contributed by atoms with Crippen LogP contribution in [-0.4, -0.2) is 46.8 Å².